The van der Waals surface area contributed by atoms with Gasteiger partial charge < -0.3 is 25.1 Å². The molecule has 4 rings (SSSR count). The molecule has 0 spiro atoms. The molecule has 2 amide bonds. The maximum absolute atomic E-state index is 12.4. The Bertz CT molecular complexity index is 1620. The second kappa shape index (κ2) is 11.9. The molecule has 0 bridgehead atoms. The third-order valence-corrected chi connectivity index (χ3v) is 6.99. The molecular weight excluding hydrogens is 524 g/mol. The van der Waals surface area contributed by atoms with Crippen molar-refractivity contribution in [1.29, 1.82) is 0 Å². The molecule has 0 saturated heterocycles. The highest BCUT2D eigenvalue weighted by Gasteiger charge is 2.18. The van der Waals surface area contributed by atoms with Crippen LogP contribution in [0.2, 0.25) is 0 Å². The summed E-state index contributed by atoms with van der Waals surface area (Å²) in [4.78, 5) is 32.0. The van der Waals surface area contributed by atoms with Crippen LogP contribution in [0.15, 0.2) is 59.1 Å². The maximum Gasteiger partial charge on any atom is 0.255 e. The molecule has 0 atom stereocenters. The van der Waals surface area contributed by atoms with Gasteiger partial charge in [-0.1, -0.05) is 12.1 Å². The van der Waals surface area contributed by atoms with Crippen LogP contribution in [0.5, 0.6) is 11.6 Å². The molecule has 0 radical (unpaired) electrons. The van der Waals surface area contributed by atoms with Gasteiger partial charge in [0.05, 0.1) is 11.3 Å². The first-order valence-corrected chi connectivity index (χ1v) is 13.6. The topological polar surface area (TPSA) is 165 Å². The molecule has 0 aliphatic heterocycles. The number of furan rings is 1. The van der Waals surface area contributed by atoms with Gasteiger partial charge in [-0.25, -0.2) is 18.1 Å². The van der Waals surface area contributed by atoms with Gasteiger partial charge in [0, 0.05) is 56.5 Å². The molecule has 2 aromatic carbocycles. The van der Waals surface area contributed by atoms with E-state index >= 15 is 0 Å². The molecule has 39 heavy (non-hydrogen) atoms. The predicted octanol–water partition coefficient (Wildman–Crippen LogP) is 2.98. The summed E-state index contributed by atoms with van der Waals surface area (Å²) in [6, 6.07) is 13.6. The number of fused-ring (bicyclic) bond motifs is 1. The summed E-state index contributed by atoms with van der Waals surface area (Å²) in [7, 11) is -0.578. The Kier molecular flexibility index (Phi) is 8.42. The normalized spacial score (nSPS) is 11.3. The molecule has 13 heteroatoms. The quantitative estimate of drug-likeness (QED) is 0.219. The summed E-state index contributed by atoms with van der Waals surface area (Å²) in [5, 5.41) is 8.77. The number of benzene rings is 2. The van der Waals surface area contributed by atoms with E-state index in [0.29, 0.717) is 39.3 Å². The van der Waals surface area contributed by atoms with E-state index in [2.05, 4.69) is 30.6 Å². The number of hydrogen-bond donors (Lipinski definition) is 4. The van der Waals surface area contributed by atoms with Gasteiger partial charge in [-0.3, -0.25) is 9.59 Å². The van der Waals surface area contributed by atoms with Crippen molar-refractivity contribution < 1.29 is 27.2 Å². The number of carbonyl (C=O) groups excluding carboxylic acids is 2. The highest BCUT2D eigenvalue weighted by Crippen LogP contribution is 2.31. The highest BCUT2D eigenvalue weighted by molar-refractivity contribution is 7.88. The third-order valence-electron chi connectivity index (χ3n) is 5.64. The predicted molar refractivity (Wildman–Crippen MR) is 145 cm³/mol. The smallest absolute Gasteiger partial charge is 0.255 e. The number of aromatic nitrogens is 2. The lowest BCUT2D eigenvalue weighted by Gasteiger charge is -2.10. The molecule has 0 aliphatic rings. The Balaban J connectivity index is 1.43. The zero-order valence-corrected chi connectivity index (χ0v) is 22.4. The first kappa shape index (κ1) is 27.5. The van der Waals surface area contributed by atoms with Crippen molar-refractivity contribution in [2.45, 2.75) is 19.1 Å². The molecule has 0 fully saturated rings. The Morgan fingerprint density at radius 1 is 1.05 bits per heavy atom. The van der Waals surface area contributed by atoms with Gasteiger partial charge in [0.15, 0.2) is 0 Å². The van der Waals surface area contributed by atoms with Crippen LogP contribution in [0.1, 0.15) is 28.1 Å². The summed E-state index contributed by atoms with van der Waals surface area (Å²) in [5.74, 6) is 0.739. The average Bonchev–Trinajstić information content (AvgIpc) is 3.23. The van der Waals surface area contributed by atoms with E-state index in [-0.39, 0.29) is 42.4 Å². The lowest BCUT2D eigenvalue weighted by atomic mass is 10.1. The van der Waals surface area contributed by atoms with E-state index in [1.165, 1.54) is 13.2 Å². The number of rotatable bonds is 11. The minimum atomic E-state index is -3.63. The van der Waals surface area contributed by atoms with Crippen LogP contribution in [0, 0.1) is 6.92 Å². The Morgan fingerprint density at radius 3 is 2.64 bits per heavy atom. The summed E-state index contributed by atoms with van der Waals surface area (Å²) < 4.78 is 38.8. The molecule has 4 N–H and O–H groups in total. The van der Waals surface area contributed by atoms with Crippen molar-refractivity contribution in [3.63, 3.8) is 0 Å². The van der Waals surface area contributed by atoms with Gasteiger partial charge in [-0.15, -0.1) is 0 Å². The number of ether oxygens (including phenoxy) is 1. The van der Waals surface area contributed by atoms with Crippen LogP contribution in [0.25, 0.3) is 11.0 Å². The van der Waals surface area contributed by atoms with Crippen molar-refractivity contribution in [2.24, 2.45) is 0 Å². The van der Waals surface area contributed by atoms with Gasteiger partial charge in [-0.2, -0.15) is 4.98 Å². The monoisotopic (exact) mass is 552 g/mol. The van der Waals surface area contributed by atoms with Crippen LogP contribution in [-0.4, -0.2) is 50.8 Å². The zero-order chi connectivity index (χ0) is 28.0. The molecule has 0 aliphatic carbocycles. The molecule has 2 aromatic heterocycles. The molecule has 2 heterocycles. The standard InChI is InChI=1S/C26H28N6O6S/c1-16-24(25(34)28-3)20-8-7-19(14-21(20)37-16)38-23-10-11-29-26(32-23)31-18-6-4-5-17(13-18)15-39(35,36)30-12-9-22(33)27-2/h4-8,10-11,13-14,30H,9,12,15H2,1-3H3,(H,27,33)(H,28,34)(H,29,31,32). The lowest BCUT2D eigenvalue weighted by molar-refractivity contribution is -0.120. The first-order chi connectivity index (χ1) is 18.7. The van der Waals surface area contributed by atoms with Crippen LogP contribution < -0.4 is 25.4 Å². The van der Waals surface area contributed by atoms with E-state index in [0.717, 1.165) is 0 Å². The largest absolute Gasteiger partial charge is 0.460 e. The van der Waals surface area contributed by atoms with Gasteiger partial charge in [0.1, 0.15) is 17.1 Å². The second-order valence-electron chi connectivity index (χ2n) is 8.49. The Hall–Kier alpha value is -4.49. The summed E-state index contributed by atoms with van der Waals surface area (Å²) in [5.41, 5.74) is 2.10. The van der Waals surface area contributed by atoms with E-state index in [1.54, 1.807) is 62.5 Å². The number of nitrogens with zero attached hydrogens (tertiary/aromatic N) is 2. The second-order valence-corrected chi connectivity index (χ2v) is 10.3. The van der Waals surface area contributed by atoms with E-state index in [4.69, 9.17) is 9.15 Å². The Morgan fingerprint density at radius 2 is 1.87 bits per heavy atom. The van der Waals surface area contributed by atoms with E-state index in [9.17, 15) is 18.0 Å². The minimum Gasteiger partial charge on any atom is -0.460 e. The Labute approximate surface area is 225 Å². The number of carbonyl (C=O) groups is 2. The zero-order valence-electron chi connectivity index (χ0n) is 21.6. The molecule has 4 aromatic rings. The van der Waals surface area contributed by atoms with Crippen molar-refractivity contribution >= 4 is 44.4 Å². The molecule has 12 nitrogen and oxygen atoms in total. The van der Waals surface area contributed by atoms with Crippen molar-refractivity contribution in [1.82, 2.24) is 25.3 Å². The van der Waals surface area contributed by atoms with E-state index < -0.39 is 10.0 Å². The summed E-state index contributed by atoms with van der Waals surface area (Å²) in [6.45, 7) is 1.74. The van der Waals surface area contributed by atoms with Gasteiger partial charge in [-0.05, 0) is 36.8 Å². The van der Waals surface area contributed by atoms with E-state index in [1.807, 2.05) is 0 Å². The number of hydrogen-bond acceptors (Lipinski definition) is 9. The van der Waals surface area contributed by atoms with Crippen molar-refractivity contribution in [3.8, 4) is 11.6 Å². The highest BCUT2D eigenvalue weighted by atomic mass is 32.2. The van der Waals surface area contributed by atoms with Crippen LogP contribution in [0.3, 0.4) is 0 Å². The molecule has 204 valence electrons. The fourth-order valence-corrected chi connectivity index (χ4v) is 4.97. The number of nitrogens with one attached hydrogen (secondary N) is 4. The van der Waals surface area contributed by atoms with Crippen LogP contribution >= 0.6 is 0 Å². The third kappa shape index (κ3) is 7.09. The van der Waals surface area contributed by atoms with Crippen molar-refractivity contribution in [3.05, 3.63) is 71.6 Å². The fourth-order valence-electron chi connectivity index (χ4n) is 3.83. The number of sulfonamides is 1. The summed E-state index contributed by atoms with van der Waals surface area (Å²) >= 11 is 0. The summed E-state index contributed by atoms with van der Waals surface area (Å²) in [6.07, 6.45) is 1.58. The number of amides is 2. The minimum absolute atomic E-state index is 0.0161. The maximum atomic E-state index is 12.4. The lowest BCUT2D eigenvalue weighted by Crippen LogP contribution is -2.30. The van der Waals surface area contributed by atoms with Gasteiger partial charge in [0.2, 0.25) is 27.8 Å². The number of anilines is 2. The fraction of sp³-hybridized carbons (Fsp3) is 0.231. The SMILES string of the molecule is CNC(=O)CCNS(=O)(=O)Cc1cccc(Nc2nccc(Oc3ccc4c(C(=O)NC)c(C)oc4c3)n2)c1. The van der Waals surface area contributed by atoms with Gasteiger partial charge in [0.25, 0.3) is 5.91 Å². The van der Waals surface area contributed by atoms with Crippen LogP contribution in [0.4, 0.5) is 11.6 Å². The van der Waals surface area contributed by atoms with Gasteiger partial charge >= 0.3 is 0 Å². The van der Waals surface area contributed by atoms with Crippen LogP contribution in [-0.2, 0) is 20.6 Å². The molecular formula is C26H28N6O6S. The molecule has 0 unspecified atom stereocenters. The number of aryl methyl sites for hydroxylation is 1. The molecule has 0 saturated carbocycles. The average molecular weight is 553 g/mol. The first-order valence-electron chi connectivity index (χ1n) is 12.0. The van der Waals surface area contributed by atoms with Crippen molar-refractivity contribution in [2.75, 3.05) is 26.0 Å².